The second kappa shape index (κ2) is 6.55. The lowest BCUT2D eigenvalue weighted by molar-refractivity contribution is -0.123. The molecule has 2 rings (SSSR count). The van der Waals surface area contributed by atoms with E-state index in [-0.39, 0.29) is 11.9 Å². The van der Waals surface area contributed by atoms with Crippen LogP contribution in [0.25, 0.3) is 0 Å². The topological polar surface area (TPSA) is 92.5 Å². The first kappa shape index (κ1) is 15.9. The number of nitrogens with zero attached hydrogens (tertiary/aromatic N) is 1. The molecule has 1 amide bonds. The largest absolute Gasteiger partial charge is 0.352 e. The van der Waals surface area contributed by atoms with Crippen molar-refractivity contribution in [3.05, 3.63) is 35.9 Å². The first-order valence-electron chi connectivity index (χ1n) is 6.94. The van der Waals surface area contributed by atoms with Crippen LogP contribution in [-0.2, 0) is 14.8 Å². The fraction of sp³-hybridized carbons (Fsp3) is 0.500. The maximum Gasteiger partial charge on any atom is 0.241 e. The molecule has 0 spiro atoms. The molecule has 0 bridgehead atoms. The number of hydrogen-bond acceptors (Lipinski definition) is 4. The van der Waals surface area contributed by atoms with Crippen LogP contribution in [0.5, 0.6) is 0 Å². The summed E-state index contributed by atoms with van der Waals surface area (Å²) in [6.45, 7) is 0.870. The molecule has 1 aromatic carbocycles. The summed E-state index contributed by atoms with van der Waals surface area (Å²) in [4.78, 5) is 12.1. The molecule has 0 unspecified atom stereocenters. The van der Waals surface area contributed by atoms with Gasteiger partial charge in [0, 0.05) is 19.1 Å². The molecule has 0 aromatic heterocycles. The molecule has 1 aromatic rings. The molecule has 0 saturated carbocycles. The van der Waals surface area contributed by atoms with E-state index in [1.165, 1.54) is 10.6 Å². The van der Waals surface area contributed by atoms with Gasteiger partial charge in [0.05, 0.1) is 6.26 Å². The summed E-state index contributed by atoms with van der Waals surface area (Å²) in [5.41, 5.74) is 6.70. The van der Waals surface area contributed by atoms with Crippen LogP contribution < -0.4 is 11.1 Å². The third-order valence-corrected chi connectivity index (χ3v) is 5.01. The Morgan fingerprint density at radius 1 is 1.29 bits per heavy atom. The zero-order chi connectivity index (χ0) is 15.5. The van der Waals surface area contributed by atoms with Crippen molar-refractivity contribution in [2.24, 2.45) is 5.73 Å². The van der Waals surface area contributed by atoms with E-state index in [0.717, 1.165) is 5.56 Å². The highest BCUT2D eigenvalue weighted by Gasteiger charge is 2.27. The number of amides is 1. The fourth-order valence-electron chi connectivity index (χ4n) is 2.43. The highest BCUT2D eigenvalue weighted by atomic mass is 32.2. The highest BCUT2D eigenvalue weighted by Crippen LogP contribution is 2.15. The van der Waals surface area contributed by atoms with Gasteiger partial charge in [-0.1, -0.05) is 30.3 Å². The molecule has 1 fully saturated rings. The van der Waals surface area contributed by atoms with E-state index in [9.17, 15) is 13.2 Å². The molecule has 3 N–H and O–H groups in total. The average Bonchev–Trinajstić information content (AvgIpc) is 2.47. The first-order valence-corrected chi connectivity index (χ1v) is 8.79. The van der Waals surface area contributed by atoms with Crippen LogP contribution in [0.2, 0.25) is 0 Å². The van der Waals surface area contributed by atoms with Gasteiger partial charge in [-0.15, -0.1) is 0 Å². The fourth-order valence-corrected chi connectivity index (χ4v) is 3.31. The van der Waals surface area contributed by atoms with Crippen LogP contribution in [0.1, 0.15) is 24.4 Å². The highest BCUT2D eigenvalue weighted by molar-refractivity contribution is 7.88. The second-order valence-electron chi connectivity index (χ2n) is 5.33. The predicted molar refractivity (Wildman–Crippen MR) is 81.0 cm³/mol. The van der Waals surface area contributed by atoms with Crippen LogP contribution in [0, 0.1) is 0 Å². The van der Waals surface area contributed by atoms with Crippen molar-refractivity contribution in [2.45, 2.75) is 24.9 Å². The minimum Gasteiger partial charge on any atom is -0.352 e. The summed E-state index contributed by atoms with van der Waals surface area (Å²) in [6.07, 6.45) is 2.43. The van der Waals surface area contributed by atoms with E-state index >= 15 is 0 Å². The van der Waals surface area contributed by atoms with Gasteiger partial charge in [0.1, 0.15) is 6.04 Å². The minimum atomic E-state index is -3.14. The van der Waals surface area contributed by atoms with E-state index < -0.39 is 16.1 Å². The van der Waals surface area contributed by atoms with Gasteiger partial charge in [-0.2, -0.15) is 0 Å². The van der Waals surface area contributed by atoms with Crippen molar-refractivity contribution in [2.75, 3.05) is 19.3 Å². The van der Waals surface area contributed by atoms with Gasteiger partial charge < -0.3 is 11.1 Å². The van der Waals surface area contributed by atoms with Gasteiger partial charge in [0.15, 0.2) is 0 Å². The Morgan fingerprint density at radius 3 is 2.38 bits per heavy atom. The van der Waals surface area contributed by atoms with Crippen molar-refractivity contribution in [1.82, 2.24) is 9.62 Å². The lowest BCUT2D eigenvalue weighted by atomic mass is 10.0. The number of hydrogen-bond donors (Lipinski definition) is 2. The molecule has 21 heavy (non-hydrogen) atoms. The standard InChI is InChI=1S/C14H21N3O3S/c1-21(19,20)17-9-7-12(8-10-17)16-14(18)13(15)11-5-3-2-4-6-11/h2-6,12-13H,7-10,15H2,1H3,(H,16,18)/t13-/m0/s1. The smallest absolute Gasteiger partial charge is 0.241 e. The number of nitrogens with two attached hydrogens (primary N) is 1. The van der Waals surface area contributed by atoms with Gasteiger partial charge in [-0.05, 0) is 18.4 Å². The summed E-state index contributed by atoms with van der Waals surface area (Å²) >= 11 is 0. The summed E-state index contributed by atoms with van der Waals surface area (Å²) in [5, 5.41) is 2.90. The van der Waals surface area contributed by atoms with Crippen molar-refractivity contribution in [3.63, 3.8) is 0 Å². The number of carbonyl (C=O) groups is 1. The predicted octanol–water partition coefficient (Wildman–Crippen LogP) is 0.227. The summed E-state index contributed by atoms with van der Waals surface area (Å²) in [6, 6.07) is 8.46. The van der Waals surface area contributed by atoms with Gasteiger partial charge in [0.2, 0.25) is 15.9 Å². The van der Waals surface area contributed by atoms with Crippen LogP contribution in [0.4, 0.5) is 0 Å². The number of rotatable bonds is 4. The zero-order valence-electron chi connectivity index (χ0n) is 12.0. The van der Waals surface area contributed by atoms with Crippen LogP contribution >= 0.6 is 0 Å². The molecule has 7 heteroatoms. The van der Waals surface area contributed by atoms with Crippen molar-refractivity contribution >= 4 is 15.9 Å². The third-order valence-electron chi connectivity index (χ3n) is 3.71. The maximum absolute atomic E-state index is 12.1. The van der Waals surface area contributed by atoms with Gasteiger partial charge in [-0.3, -0.25) is 4.79 Å². The first-order chi connectivity index (χ1) is 9.88. The number of benzene rings is 1. The van der Waals surface area contributed by atoms with Crippen LogP contribution in [0.3, 0.4) is 0 Å². The van der Waals surface area contributed by atoms with E-state index in [1.807, 2.05) is 30.3 Å². The van der Waals surface area contributed by atoms with Crippen LogP contribution in [-0.4, -0.2) is 44.0 Å². The van der Waals surface area contributed by atoms with Gasteiger partial charge in [-0.25, -0.2) is 12.7 Å². The number of piperidine rings is 1. The molecule has 6 nitrogen and oxygen atoms in total. The van der Waals surface area contributed by atoms with E-state index in [2.05, 4.69) is 5.32 Å². The molecule has 1 heterocycles. The van der Waals surface area contributed by atoms with Crippen molar-refractivity contribution < 1.29 is 13.2 Å². The van der Waals surface area contributed by atoms with E-state index in [4.69, 9.17) is 5.73 Å². The third kappa shape index (κ3) is 4.26. The molecule has 1 aliphatic heterocycles. The second-order valence-corrected chi connectivity index (χ2v) is 7.32. The Balaban J connectivity index is 1.87. The lowest BCUT2D eigenvalue weighted by Crippen LogP contribution is -2.48. The molecule has 0 radical (unpaired) electrons. The lowest BCUT2D eigenvalue weighted by Gasteiger charge is -2.31. The Kier molecular flexibility index (Phi) is 4.97. The molecule has 1 aliphatic rings. The molecule has 116 valence electrons. The summed E-state index contributed by atoms with van der Waals surface area (Å²) in [7, 11) is -3.14. The maximum atomic E-state index is 12.1. The Morgan fingerprint density at radius 2 is 1.86 bits per heavy atom. The monoisotopic (exact) mass is 311 g/mol. The Bertz CT molecular complexity index is 581. The number of sulfonamides is 1. The summed E-state index contributed by atoms with van der Waals surface area (Å²) < 4.78 is 24.3. The normalized spacial score (nSPS) is 19.1. The molecular formula is C14H21N3O3S. The number of nitrogens with one attached hydrogen (secondary N) is 1. The molecule has 1 saturated heterocycles. The van der Waals surface area contributed by atoms with Crippen molar-refractivity contribution in [3.8, 4) is 0 Å². The van der Waals surface area contributed by atoms with Gasteiger partial charge in [0.25, 0.3) is 0 Å². The summed E-state index contributed by atoms with van der Waals surface area (Å²) in [5.74, 6) is -0.223. The molecule has 1 atom stereocenters. The van der Waals surface area contributed by atoms with Gasteiger partial charge >= 0.3 is 0 Å². The Labute approximate surface area is 125 Å². The molecule has 0 aliphatic carbocycles. The zero-order valence-corrected chi connectivity index (χ0v) is 12.8. The quantitative estimate of drug-likeness (QED) is 0.832. The van der Waals surface area contributed by atoms with E-state index in [1.54, 1.807) is 0 Å². The Hall–Kier alpha value is -1.44. The average molecular weight is 311 g/mol. The van der Waals surface area contributed by atoms with E-state index in [0.29, 0.717) is 25.9 Å². The number of carbonyl (C=O) groups excluding carboxylic acids is 1. The SMILES string of the molecule is CS(=O)(=O)N1CCC(NC(=O)[C@@H](N)c2ccccc2)CC1. The minimum absolute atomic E-state index is 0.0229. The van der Waals surface area contributed by atoms with Crippen molar-refractivity contribution in [1.29, 1.82) is 0 Å². The molecular weight excluding hydrogens is 290 g/mol. The van der Waals surface area contributed by atoms with Crippen LogP contribution in [0.15, 0.2) is 30.3 Å².